The standard InChI is InChI=1S/C11H13ClN4O2/c1-15-7-5-13-10(12)14-8(7)16(2)11(9(15)17)3-4-18-6-11/h5H,3-4,6H2,1-2H3. The number of anilines is 2. The van der Waals surface area contributed by atoms with Crippen LogP contribution in [0.5, 0.6) is 0 Å². The van der Waals surface area contributed by atoms with Crippen LogP contribution in [-0.2, 0) is 9.53 Å². The van der Waals surface area contributed by atoms with Crippen LogP contribution in [0.1, 0.15) is 6.42 Å². The first-order chi connectivity index (χ1) is 8.56. The zero-order chi connectivity index (χ0) is 12.9. The normalized spacial score (nSPS) is 26.9. The summed E-state index contributed by atoms with van der Waals surface area (Å²) in [5.74, 6) is 0.684. The van der Waals surface area contributed by atoms with Gasteiger partial charge in [-0.1, -0.05) is 0 Å². The summed E-state index contributed by atoms with van der Waals surface area (Å²) in [4.78, 5) is 24.1. The number of ether oxygens (including phenoxy) is 1. The minimum atomic E-state index is -0.653. The molecule has 2 aliphatic heterocycles. The minimum absolute atomic E-state index is 0.0147. The lowest BCUT2D eigenvalue weighted by Crippen LogP contribution is -2.62. The van der Waals surface area contributed by atoms with E-state index < -0.39 is 5.54 Å². The summed E-state index contributed by atoms with van der Waals surface area (Å²) in [6, 6.07) is 0. The summed E-state index contributed by atoms with van der Waals surface area (Å²) in [6.07, 6.45) is 2.23. The zero-order valence-electron chi connectivity index (χ0n) is 10.2. The number of nitrogens with zero attached hydrogens (tertiary/aromatic N) is 4. The maximum absolute atomic E-state index is 12.5. The quantitative estimate of drug-likeness (QED) is 0.649. The molecule has 1 spiro atoms. The number of fused-ring (bicyclic) bond motifs is 1. The summed E-state index contributed by atoms with van der Waals surface area (Å²) in [6.45, 7) is 0.964. The van der Waals surface area contributed by atoms with E-state index in [1.54, 1.807) is 18.1 Å². The lowest BCUT2D eigenvalue weighted by Gasteiger charge is -2.44. The Morgan fingerprint density at radius 1 is 1.50 bits per heavy atom. The highest BCUT2D eigenvalue weighted by molar-refractivity contribution is 6.28. The number of halogens is 1. The molecule has 0 aromatic carbocycles. The van der Waals surface area contributed by atoms with Crippen LogP contribution < -0.4 is 9.80 Å². The monoisotopic (exact) mass is 268 g/mol. The van der Waals surface area contributed by atoms with Crippen molar-refractivity contribution in [2.24, 2.45) is 0 Å². The number of amides is 1. The number of hydrogen-bond donors (Lipinski definition) is 0. The topological polar surface area (TPSA) is 58.6 Å². The molecule has 1 atom stereocenters. The number of carbonyl (C=O) groups excluding carboxylic acids is 1. The van der Waals surface area contributed by atoms with Gasteiger partial charge in [0.1, 0.15) is 11.2 Å². The smallest absolute Gasteiger partial charge is 0.255 e. The molecule has 1 fully saturated rings. The van der Waals surface area contributed by atoms with Gasteiger partial charge in [0.15, 0.2) is 5.82 Å². The first-order valence-corrected chi connectivity index (χ1v) is 6.06. The van der Waals surface area contributed by atoms with Crippen molar-refractivity contribution >= 4 is 29.0 Å². The Balaban J connectivity index is 2.17. The maximum Gasteiger partial charge on any atom is 0.255 e. The highest BCUT2D eigenvalue weighted by atomic mass is 35.5. The van der Waals surface area contributed by atoms with Gasteiger partial charge in [0, 0.05) is 27.1 Å². The summed E-state index contributed by atoms with van der Waals surface area (Å²) >= 11 is 5.84. The molecular weight excluding hydrogens is 256 g/mol. The number of hydrogen-bond acceptors (Lipinski definition) is 5. The molecule has 0 saturated carbocycles. The number of carbonyl (C=O) groups is 1. The van der Waals surface area contributed by atoms with Crippen molar-refractivity contribution in [3.63, 3.8) is 0 Å². The Morgan fingerprint density at radius 2 is 2.28 bits per heavy atom. The molecule has 18 heavy (non-hydrogen) atoms. The highest BCUT2D eigenvalue weighted by Gasteiger charge is 2.52. The second-order valence-electron chi connectivity index (χ2n) is 4.61. The van der Waals surface area contributed by atoms with Crippen molar-refractivity contribution in [1.82, 2.24) is 9.97 Å². The molecule has 2 aliphatic rings. The number of aromatic nitrogens is 2. The van der Waals surface area contributed by atoms with E-state index in [2.05, 4.69) is 9.97 Å². The maximum atomic E-state index is 12.5. The molecule has 6 nitrogen and oxygen atoms in total. The van der Waals surface area contributed by atoms with Gasteiger partial charge in [0.05, 0.1) is 12.8 Å². The van der Waals surface area contributed by atoms with Crippen molar-refractivity contribution in [3.05, 3.63) is 11.5 Å². The first kappa shape index (κ1) is 11.7. The number of rotatable bonds is 0. The Kier molecular flexibility index (Phi) is 2.46. The Hall–Kier alpha value is -1.40. The van der Waals surface area contributed by atoms with Crippen molar-refractivity contribution in [3.8, 4) is 0 Å². The molecule has 7 heteroatoms. The fraction of sp³-hybridized carbons (Fsp3) is 0.545. The van der Waals surface area contributed by atoms with Gasteiger partial charge in [-0.05, 0) is 11.6 Å². The van der Waals surface area contributed by atoms with Crippen molar-refractivity contribution in [1.29, 1.82) is 0 Å². The third-order valence-corrected chi connectivity index (χ3v) is 3.93. The van der Waals surface area contributed by atoms with E-state index in [4.69, 9.17) is 16.3 Å². The van der Waals surface area contributed by atoms with Gasteiger partial charge in [0.25, 0.3) is 5.91 Å². The van der Waals surface area contributed by atoms with E-state index >= 15 is 0 Å². The van der Waals surface area contributed by atoms with Crippen LogP contribution in [-0.4, -0.2) is 48.7 Å². The summed E-state index contributed by atoms with van der Waals surface area (Å²) in [7, 11) is 3.58. The van der Waals surface area contributed by atoms with Crippen LogP contribution >= 0.6 is 11.6 Å². The largest absolute Gasteiger partial charge is 0.378 e. The lowest BCUT2D eigenvalue weighted by molar-refractivity contribution is -0.123. The van der Waals surface area contributed by atoms with Gasteiger partial charge in [-0.2, -0.15) is 4.98 Å². The van der Waals surface area contributed by atoms with Crippen LogP contribution in [0.2, 0.25) is 5.28 Å². The Morgan fingerprint density at radius 3 is 2.94 bits per heavy atom. The molecule has 96 valence electrons. The minimum Gasteiger partial charge on any atom is -0.378 e. The predicted molar refractivity (Wildman–Crippen MR) is 67.0 cm³/mol. The van der Waals surface area contributed by atoms with Gasteiger partial charge < -0.3 is 14.5 Å². The van der Waals surface area contributed by atoms with E-state index in [9.17, 15) is 4.79 Å². The van der Waals surface area contributed by atoms with Crippen LogP contribution in [0.25, 0.3) is 0 Å². The second-order valence-corrected chi connectivity index (χ2v) is 4.94. The average molecular weight is 269 g/mol. The third-order valence-electron chi connectivity index (χ3n) is 3.75. The molecule has 3 heterocycles. The van der Waals surface area contributed by atoms with Crippen LogP contribution in [0.4, 0.5) is 11.5 Å². The van der Waals surface area contributed by atoms with Gasteiger partial charge in [0.2, 0.25) is 5.28 Å². The molecule has 1 aromatic heterocycles. The second kappa shape index (κ2) is 3.80. The van der Waals surface area contributed by atoms with Crippen molar-refractivity contribution in [2.45, 2.75) is 12.0 Å². The van der Waals surface area contributed by atoms with E-state index in [1.165, 1.54) is 0 Å². The fourth-order valence-electron chi connectivity index (χ4n) is 2.58. The van der Waals surface area contributed by atoms with E-state index in [0.29, 0.717) is 31.1 Å². The van der Waals surface area contributed by atoms with E-state index in [0.717, 1.165) is 0 Å². The van der Waals surface area contributed by atoms with Gasteiger partial charge in [-0.25, -0.2) is 4.98 Å². The predicted octanol–water partition coefficient (Wildman–Crippen LogP) is 0.702. The Bertz CT molecular complexity index is 516. The van der Waals surface area contributed by atoms with E-state index in [-0.39, 0.29) is 11.2 Å². The first-order valence-electron chi connectivity index (χ1n) is 5.68. The number of likely N-dealkylation sites (N-methyl/N-ethyl adjacent to an activating group) is 2. The molecule has 1 amide bonds. The van der Waals surface area contributed by atoms with Crippen LogP contribution in [0.3, 0.4) is 0 Å². The molecule has 0 aliphatic carbocycles. The van der Waals surface area contributed by atoms with Crippen molar-refractivity contribution < 1.29 is 9.53 Å². The van der Waals surface area contributed by atoms with Gasteiger partial charge >= 0.3 is 0 Å². The SMILES string of the molecule is CN1C(=O)C2(CCOC2)N(C)c2nc(Cl)ncc21. The molecular formula is C11H13ClN4O2. The van der Waals surface area contributed by atoms with Gasteiger partial charge in [-0.15, -0.1) is 0 Å². The molecule has 0 radical (unpaired) electrons. The average Bonchev–Trinajstić information content (AvgIpc) is 2.85. The molecule has 3 rings (SSSR count). The van der Waals surface area contributed by atoms with Crippen LogP contribution in [0.15, 0.2) is 6.20 Å². The van der Waals surface area contributed by atoms with E-state index in [1.807, 2.05) is 11.9 Å². The molecule has 1 saturated heterocycles. The zero-order valence-corrected chi connectivity index (χ0v) is 10.9. The Labute approximate surface area is 110 Å². The third kappa shape index (κ3) is 1.36. The molecule has 1 aromatic rings. The summed E-state index contributed by atoms with van der Waals surface area (Å²) < 4.78 is 5.41. The fourth-order valence-corrected chi connectivity index (χ4v) is 2.71. The highest BCUT2D eigenvalue weighted by Crippen LogP contribution is 2.40. The van der Waals surface area contributed by atoms with Crippen LogP contribution in [0, 0.1) is 0 Å². The lowest BCUT2D eigenvalue weighted by atomic mass is 9.92. The molecule has 0 bridgehead atoms. The summed E-state index contributed by atoms with van der Waals surface area (Å²) in [5, 5.41) is 0.178. The molecule has 0 N–H and O–H groups in total. The molecule has 1 unspecified atom stereocenters. The van der Waals surface area contributed by atoms with Gasteiger partial charge in [-0.3, -0.25) is 4.79 Å². The summed E-state index contributed by atoms with van der Waals surface area (Å²) in [5.41, 5.74) is 0.0174. The van der Waals surface area contributed by atoms with Crippen molar-refractivity contribution in [2.75, 3.05) is 37.1 Å².